The molecule has 0 radical (unpaired) electrons. The molecule has 29 heavy (non-hydrogen) atoms. The first-order valence-electron chi connectivity index (χ1n) is 9.82. The molecule has 0 atom stereocenters. The molecule has 1 aliphatic heterocycles. The van der Waals surface area contributed by atoms with Crippen molar-refractivity contribution in [3.05, 3.63) is 54.1 Å². The number of methoxy groups -OCH3 is 1. The highest BCUT2D eigenvalue weighted by atomic mass is 16.5. The van der Waals surface area contributed by atoms with Gasteiger partial charge in [-0.15, -0.1) is 0 Å². The number of ether oxygens (including phenoxy) is 1. The topological polar surface area (TPSA) is 73.9 Å². The fraction of sp³-hybridized carbons (Fsp3) is 0.364. The lowest BCUT2D eigenvalue weighted by atomic mass is 10.1. The summed E-state index contributed by atoms with van der Waals surface area (Å²) in [5.41, 5.74) is 2.14. The molecule has 1 saturated heterocycles. The highest BCUT2D eigenvalue weighted by Gasteiger charge is 2.24. The average molecular weight is 396 g/mol. The normalized spacial score (nSPS) is 13.9. The van der Waals surface area contributed by atoms with Crippen LogP contribution in [0.4, 0.5) is 16.2 Å². The summed E-state index contributed by atoms with van der Waals surface area (Å²) in [6.07, 6.45) is 0. The lowest BCUT2D eigenvalue weighted by Gasteiger charge is -2.36. The smallest absolute Gasteiger partial charge is 0.319 e. The Morgan fingerprint density at radius 3 is 2.24 bits per heavy atom. The maximum absolute atomic E-state index is 13.1. The van der Waals surface area contributed by atoms with Gasteiger partial charge in [-0.25, -0.2) is 4.79 Å². The van der Waals surface area contributed by atoms with Gasteiger partial charge in [-0.1, -0.05) is 12.1 Å². The molecule has 2 aromatic rings. The van der Waals surface area contributed by atoms with Crippen LogP contribution in [-0.4, -0.2) is 56.2 Å². The summed E-state index contributed by atoms with van der Waals surface area (Å²) in [6.45, 7) is 6.52. The first-order chi connectivity index (χ1) is 14.0. The SMILES string of the molecule is COc1ccc(N2CCN(C(=O)c3ccccc3NC(=O)NC(C)C)CC2)cc1. The fourth-order valence-corrected chi connectivity index (χ4v) is 3.33. The molecule has 7 heteroatoms. The van der Waals surface area contributed by atoms with Crippen LogP contribution in [-0.2, 0) is 0 Å². The van der Waals surface area contributed by atoms with Gasteiger partial charge in [0, 0.05) is 37.9 Å². The molecule has 0 bridgehead atoms. The predicted molar refractivity (Wildman–Crippen MR) is 115 cm³/mol. The molecule has 1 fully saturated rings. The Morgan fingerprint density at radius 1 is 0.966 bits per heavy atom. The number of carbonyl (C=O) groups excluding carboxylic acids is 2. The number of rotatable bonds is 5. The minimum absolute atomic E-state index is 0.0175. The number of nitrogens with one attached hydrogen (secondary N) is 2. The van der Waals surface area contributed by atoms with Crippen molar-refractivity contribution in [2.75, 3.05) is 43.5 Å². The molecule has 2 N–H and O–H groups in total. The molecule has 0 spiro atoms. The molecule has 0 aromatic heterocycles. The van der Waals surface area contributed by atoms with Gasteiger partial charge >= 0.3 is 6.03 Å². The second kappa shape index (κ2) is 9.32. The van der Waals surface area contributed by atoms with Crippen molar-refractivity contribution in [1.29, 1.82) is 0 Å². The molecule has 1 aliphatic rings. The van der Waals surface area contributed by atoms with Crippen LogP contribution in [0.1, 0.15) is 24.2 Å². The summed E-state index contributed by atoms with van der Waals surface area (Å²) in [6, 6.07) is 14.8. The Hall–Kier alpha value is -3.22. The van der Waals surface area contributed by atoms with Crippen molar-refractivity contribution in [2.24, 2.45) is 0 Å². The van der Waals surface area contributed by atoms with Crippen molar-refractivity contribution in [3.63, 3.8) is 0 Å². The summed E-state index contributed by atoms with van der Waals surface area (Å²) >= 11 is 0. The fourth-order valence-electron chi connectivity index (χ4n) is 3.33. The molecule has 3 rings (SSSR count). The van der Waals surface area contributed by atoms with Crippen LogP contribution in [0.2, 0.25) is 0 Å². The zero-order chi connectivity index (χ0) is 20.8. The van der Waals surface area contributed by atoms with E-state index in [2.05, 4.69) is 15.5 Å². The Balaban J connectivity index is 1.64. The maximum atomic E-state index is 13.1. The van der Waals surface area contributed by atoms with E-state index in [0.29, 0.717) is 24.3 Å². The van der Waals surface area contributed by atoms with E-state index in [1.165, 1.54) is 0 Å². The largest absolute Gasteiger partial charge is 0.497 e. The second-order valence-corrected chi connectivity index (χ2v) is 7.28. The average Bonchev–Trinajstić information content (AvgIpc) is 2.73. The van der Waals surface area contributed by atoms with Gasteiger partial charge in [-0.3, -0.25) is 4.79 Å². The molecule has 1 heterocycles. The Bertz CT molecular complexity index is 843. The highest BCUT2D eigenvalue weighted by Crippen LogP contribution is 2.22. The van der Waals surface area contributed by atoms with Crippen molar-refractivity contribution >= 4 is 23.3 Å². The number of hydrogen-bond donors (Lipinski definition) is 2. The van der Waals surface area contributed by atoms with Gasteiger partial charge in [0.15, 0.2) is 0 Å². The lowest BCUT2D eigenvalue weighted by Crippen LogP contribution is -2.49. The third-order valence-electron chi connectivity index (χ3n) is 4.83. The first kappa shape index (κ1) is 20.5. The number of nitrogens with zero attached hydrogens (tertiary/aromatic N) is 2. The molecule has 3 amide bonds. The van der Waals surface area contributed by atoms with Crippen molar-refractivity contribution in [3.8, 4) is 5.75 Å². The number of amides is 3. The summed E-state index contributed by atoms with van der Waals surface area (Å²) in [4.78, 5) is 29.2. The van der Waals surface area contributed by atoms with E-state index >= 15 is 0 Å². The van der Waals surface area contributed by atoms with Gasteiger partial charge in [0.2, 0.25) is 0 Å². The van der Waals surface area contributed by atoms with Gasteiger partial charge < -0.3 is 25.2 Å². The summed E-state index contributed by atoms with van der Waals surface area (Å²) in [5.74, 6) is 0.757. The van der Waals surface area contributed by atoms with E-state index < -0.39 is 0 Å². The van der Waals surface area contributed by atoms with Crippen LogP contribution in [0.3, 0.4) is 0 Å². The number of urea groups is 1. The van der Waals surface area contributed by atoms with E-state index in [1.807, 2.05) is 55.1 Å². The van der Waals surface area contributed by atoms with Crippen LogP contribution < -0.4 is 20.3 Å². The van der Waals surface area contributed by atoms with E-state index in [4.69, 9.17) is 4.74 Å². The first-order valence-corrected chi connectivity index (χ1v) is 9.82. The van der Waals surface area contributed by atoms with Gasteiger partial charge in [0.05, 0.1) is 18.4 Å². The summed E-state index contributed by atoms with van der Waals surface area (Å²) < 4.78 is 5.21. The summed E-state index contributed by atoms with van der Waals surface area (Å²) in [5, 5.41) is 5.57. The van der Waals surface area contributed by atoms with E-state index in [-0.39, 0.29) is 18.0 Å². The Morgan fingerprint density at radius 2 is 1.62 bits per heavy atom. The zero-order valence-corrected chi connectivity index (χ0v) is 17.1. The standard InChI is InChI=1S/C22H28N4O3/c1-16(2)23-22(28)24-20-7-5-4-6-19(20)21(27)26-14-12-25(13-15-26)17-8-10-18(29-3)11-9-17/h4-11,16H,12-15H2,1-3H3,(H2,23,24,28). The molecular formula is C22H28N4O3. The third kappa shape index (κ3) is 5.19. The molecule has 0 unspecified atom stereocenters. The van der Waals surface area contributed by atoms with Crippen LogP contribution in [0, 0.1) is 0 Å². The third-order valence-corrected chi connectivity index (χ3v) is 4.83. The lowest BCUT2D eigenvalue weighted by molar-refractivity contribution is 0.0748. The maximum Gasteiger partial charge on any atom is 0.319 e. The summed E-state index contributed by atoms with van der Waals surface area (Å²) in [7, 11) is 1.65. The zero-order valence-electron chi connectivity index (χ0n) is 17.1. The van der Waals surface area contributed by atoms with Crippen molar-refractivity contribution in [1.82, 2.24) is 10.2 Å². The minimum Gasteiger partial charge on any atom is -0.497 e. The van der Waals surface area contributed by atoms with Crippen molar-refractivity contribution < 1.29 is 14.3 Å². The molecular weight excluding hydrogens is 368 g/mol. The number of carbonyl (C=O) groups is 2. The molecule has 154 valence electrons. The second-order valence-electron chi connectivity index (χ2n) is 7.28. The van der Waals surface area contributed by atoms with Gasteiger partial charge in [0.1, 0.15) is 5.75 Å². The number of anilines is 2. The Kier molecular flexibility index (Phi) is 6.59. The molecule has 2 aromatic carbocycles. The molecule has 7 nitrogen and oxygen atoms in total. The van der Waals surface area contributed by atoms with Crippen molar-refractivity contribution in [2.45, 2.75) is 19.9 Å². The predicted octanol–water partition coefficient (Wildman–Crippen LogP) is 3.19. The minimum atomic E-state index is -0.315. The van der Waals surface area contributed by atoms with Crippen LogP contribution in [0.5, 0.6) is 5.75 Å². The molecule has 0 saturated carbocycles. The Labute approximate surface area is 171 Å². The van der Waals surface area contributed by atoms with Crippen LogP contribution in [0.15, 0.2) is 48.5 Å². The number of para-hydroxylation sites is 1. The van der Waals surface area contributed by atoms with Gasteiger partial charge in [-0.2, -0.15) is 0 Å². The highest BCUT2D eigenvalue weighted by molar-refractivity contribution is 6.03. The number of benzene rings is 2. The van der Waals surface area contributed by atoms with Crippen LogP contribution >= 0.6 is 0 Å². The van der Waals surface area contributed by atoms with Gasteiger partial charge in [0.25, 0.3) is 5.91 Å². The number of hydrogen-bond acceptors (Lipinski definition) is 4. The van der Waals surface area contributed by atoms with E-state index in [9.17, 15) is 9.59 Å². The number of piperazine rings is 1. The molecule has 0 aliphatic carbocycles. The van der Waals surface area contributed by atoms with E-state index in [0.717, 1.165) is 24.5 Å². The van der Waals surface area contributed by atoms with Crippen LogP contribution in [0.25, 0.3) is 0 Å². The van der Waals surface area contributed by atoms with E-state index in [1.54, 1.807) is 19.2 Å². The quantitative estimate of drug-likeness (QED) is 0.814. The van der Waals surface area contributed by atoms with Gasteiger partial charge in [-0.05, 0) is 50.2 Å². The monoisotopic (exact) mass is 396 g/mol.